The van der Waals surface area contributed by atoms with Crippen LogP contribution in [-0.2, 0) is 6.42 Å². The molecule has 2 rings (SSSR count). The first-order valence-electron chi connectivity index (χ1n) is 6.29. The molecule has 1 atom stereocenters. The topological polar surface area (TPSA) is 9.23 Å². The fourth-order valence-electron chi connectivity index (χ4n) is 2.19. The molecule has 2 aromatic carbocycles. The van der Waals surface area contributed by atoms with Gasteiger partial charge in [0.25, 0.3) is 0 Å². The highest BCUT2D eigenvalue weighted by Crippen LogP contribution is 2.28. The van der Waals surface area contributed by atoms with Crippen molar-refractivity contribution in [3.63, 3.8) is 0 Å². The van der Waals surface area contributed by atoms with Gasteiger partial charge < -0.3 is 4.74 Å². The number of hydrogen-bond donors (Lipinski definition) is 0. The summed E-state index contributed by atoms with van der Waals surface area (Å²) in [7, 11) is 1.41. The summed E-state index contributed by atoms with van der Waals surface area (Å²) >= 11 is 5.93. The largest absolute Gasteiger partial charge is 0.494 e. The molecule has 0 N–H and O–H groups in total. The van der Waals surface area contributed by atoms with E-state index in [9.17, 15) is 8.78 Å². The molecule has 4 heteroatoms. The van der Waals surface area contributed by atoms with Crippen molar-refractivity contribution < 1.29 is 13.5 Å². The molecule has 106 valence electrons. The molecule has 0 amide bonds. The first-order valence-corrected chi connectivity index (χ1v) is 6.82. The minimum Gasteiger partial charge on any atom is -0.494 e. The standard InChI is InChI=1S/C16H15ClF2O/c1-20-15-8-4-5-11(16(15)19)9-12(10-17)13-6-2-3-7-14(13)18/h2-8,12H,9-10H2,1H3. The summed E-state index contributed by atoms with van der Waals surface area (Å²) in [5.41, 5.74) is 0.975. The molecule has 0 saturated carbocycles. The van der Waals surface area contributed by atoms with E-state index in [1.807, 2.05) is 0 Å². The maximum absolute atomic E-state index is 14.1. The summed E-state index contributed by atoms with van der Waals surface area (Å²) in [5, 5.41) is 0. The molecule has 0 radical (unpaired) electrons. The number of alkyl halides is 1. The molecule has 0 aliphatic rings. The molecular weight excluding hydrogens is 282 g/mol. The van der Waals surface area contributed by atoms with E-state index < -0.39 is 5.82 Å². The van der Waals surface area contributed by atoms with Gasteiger partial charge >= 0.3 is 0 Å². The first-order chi connectivity index (χ1) is 9.67. The Morgan fingerprint density at radius 2 is 1.85 bits per heavy atom. The van der Waals surface area contributed by atoms with Crippen LogP contribution in [0.1, 0.15) is 17.0 Å². The second-order valence-electron chi connectivity index (χ2n) is 4.51. The SMILES string of the molecule is COc1cccc(CC(CCl)c2ccccc2F)c1F. The summed E-state index contributed by atoms with van der Waals surface area (Å²) < 4.78 is 32.9. The third-order valence-corrected chi connectivity index (χ3v) is 3.63. The molecule has 0 aromatic heterocycles. The minimum absolute atomic E-state index is 0.185. The lowest BCUT2D eigenvalue weighted by Gasteiger charge is -2.16. The summed E-state index contributed by atoms with van der Waals surface area (Å²) in [6.07, 6.45) is 0.327. The number of ether oxygens (including phenoxy) is 1. The molecule has 1 unspecified atom stereocenters. The lowest BCUT2D eigenvalue weighted by atomic mass is 9.93. The summed E-state index contributed by atoms with van der Waals surface area (Å²) in [4.78, 5) is 0. The van der Waals surface area contributed by atoms with Gasteiger partial charge in [0, 0.05) is 11.8 Å². The predicted molar refractivity (Wildman–Crippen MR) is 76.5 cm³/mol. The molecule has 2 aromatic rings. The van der Waals surface area contributed by atoms with Crippen molar-refractivity contribution in [2.75, 3.05) is 13.0 Å². The number of hydrogen-bond acceptors (Lipinski definition) is 1. The van der Waals surface area contributed by atoms with Crippen LogP contribution in [-0.4, -0.2) is 13.0 Å². The molecule has 1 nitrogen and oxygen atoms in total. The van der Waals surface area contributed by atoms with E-state index >= 15 is 0 Å². The molecule has 0 spiro atoms. The number of methoxy groups -OCH3 is 1. The van der Waals surface area contributed by atoms with Gasteiger partial charge in [0.2, 0.25) is 0 Å². The van der Waals surface area contributed by atoms with Gasteiger partial charge in [-0.1, -0.05) is 30.3 Å². The van der Waals surface area contributed by atoms with Crippen LogP contribution in [0.25, 0.3) is 0 Å². The molecule has 0 aliphatic heterocycles. The minimum atomic E-state index is -0.415. The van der Waals surface area contributed by atoms with Gasteiger partial charge in [0.05, 0.1) is 7.11 Å². The second kappa shape index (κ2) is 6.71. The van der Waals surface area contributed by atoms with Crippen LogP contribution in [0.15, 0.2) is 42.5 Å². The van der Waals surface area contributed by atoms with Crippen molar-refractivity contribution in [3.8, 4) is 5.75 Å². The van der Waals surface area contributed by atoms with Gasteiger partial charge in [-0.25, -0.2) is 8.78 Å². The van der Waals surface area contributed by atoms with Gasteiger partial charge in [-0.3, -0.25) is 0 Å². The second-order valence-corrected chi connectivity index (χ2v) is 4.82. The van der Waals surface area contributed by atoms with Crippen LogP contribution in [0.5, 0.6) is 5.75 Å². The lowest BCUT2D eigenvalue weighted by molar-refractivity contribution is 0.383. The highest BCUT2D eigenvalue weighted by Gasteiger charge is 2.18. The van der Waals surface area contributed by atoms with Crippen LogP contribution in [0, 0.1) is 11.6 Å². The van der Waals surface area contributed by atoms with Crippen LogP contribution >= 0.6 is 11.6 Å². The fourth-order valence-corrected chi connectivity index (χ4v) is 2.47. The Hall–Kier alpha value is -1.61. The van der Waals surface area contributed by atoms with Gasteiger partial charge in [-0.05, 0) is 29.7 Å². The van der Waals surface area contributed by atoms with Crippen molar-refractivity contribution in [2.45, 2.75) is 12.3 Å². The molecule has 20 heavy (non-hydrogen) atoms. The molecular formula is C16H15ClF2O. The Bertz CT molecular complexity index is 586. The molecule has 0 aliphatic carbocycles. The highest BCUT2D eigenvalue weighted by atomic mass is 35.5. The predicted octanol–water partition coefficient (Wildman–Crippen LogP) is 4.54. The monoisotopic (exact) mass is 296 g/mol. The normalized spacial score (nSPS) is 12.2. The number of benzene rings is 2. The Morgan fingerprint density at radius 1 is 1.10 bits per heavy atom. The van der Waals surface area contributed by atoms with Crippen molar-refractivity contribution in [3.05, 3.63) is 65.2 Å². The van der Waals surface area contributed by atoms with Gasteiger partial charge in [0.15, 0.2) is 11.6 Å². The van der Waals surface area contributed by atoms with Crippen molar-refractivity contribution in [1.82, 2.24) is 0 Å². The smallest absolute Gasteiger partial charge is 0.168 e. The summed E-state index contributed by atoms with van der Waals surface area (Å²) in [6, 6.07) is 11.4. The maximum atomic E-state index is 14.1. The Balaban J connectivity index is 2.30. The average molecular weight is 297 g/mol. The zero-order valence-electron chi connectivity index (χ0n) is 11.1. The van der Waals surface area contributed by atoms with Crippen molar-refractivity contribution >= 4 is 11.6 Å². The zero-order chi connectivity index (χ0) is 14.5. The van der Waals surface area contributed by atoms with E-state index in [1.165, 1.54) is 13.2 Å². The van der Waals surface area contributed by atoms with E-state index in [0.29, 0.717) is 17.5 Å². The molecule has 0 fully saturated rings. The lowest BCUT2D eigenvalue weighted by Crippen LogP contribution is -2.08. The van der Waals surface area contributed by atoms with E-state index in [4.69, 9.17) is 16.3 Å². The van der Waals surface area contributed by atoms with Gasteiger partial charge in [0.1, 0.15) is 5.82 Å². The van der Waals surface area contributed by atoms with Gasteiger partial charge in [-0.15, -0.1) is 11.6 Å². The highest BCUT2D eigenvalue weighted by molar-refractivity contribution is 6.18. The maximum Gasteiger partial charge on any atom is 0.168 e. The van der Waals surface area contributed by atoms with E-state index in [0.717, 1.165) is 0 Å². The zero-order valence-corrected chi connectivity index (χ0v) is 11.8. The number of rotatable bonds is 5. The van der Waals surface area contributed by atoms with E-state index in [-0.39, 0.29) is 23.4 Å². The Morgan fingerprint density at radius 3 is 2.50 bits per heavy atom. The summed E-state index contributed by atoms with van der Waals surface area (Å²) in [6.45, 7) is 0. The summed E-state index contributed by atoms with van der Waals surface area (Å²) in [5.74, 6) is -0.607. The third-order valence-electron chi connectivity index (χ3n) is 3.26. The molecule has 0 saturated heterocycles. The van der Waals surface area contributed by atoms with Gasteiger partial charge in [-0.2, -0.15) is 0 Å². The average Bonchev–Trinajstić information content (AvgIpc) is 2.47. The van der Waals surface area contributed by atoms with Crippen molar-refractivity contribution in [2.24, 2.45) is 0 Å². The van der Waals surface area contributed by atoms with E-state index in [1.54, 1.807) is 36.4 Å². The molecule has 0 bridgehead atoms. The quantitative estimate of drug-likeness (QED) is 0.736. The van der Waals surface area contributed by atoms with E-state index in [2.05, 4.69) is 0 Å². The van der Waals surface area contributed by atoms with Crippen LogP contribution in [0.4, 0.5) is 8.78 Å². The van der Waals surface area contributed by atoms with Crippen LogP contribution < -0.4 is 4.74 Å². The third kappa shape index (κ3) is 3.10. The van der Waals surface area contributed by atoms with Crippen LogP contribution in [0.3, 0.4) is 0 Å². The fraction of sp³-hybridized carbons (Fsp3) is 0.250. The number of halogens is 3. The Kier molecular flexibility index (Phi) is 4.96. The molecule has 0 heterocycles. The van der Waals surface area contributed by atoms with Crippen molar-refractivity contribution in [1.29, 1.82) is 0 Å². The van der Waals surface area contributed by atoms with Crippen LogP contribution in [0.2, 0.25) is 0 Å². The first kappa shape index (κ1) is 14.8. The Labute approximate surface area is 122 Å².